The molecule has 1 N–H and O–H groups in total. The lowest BCUT2D eigenvalue weighted by Gasteiger charge is -2.32. The third-order valence-corrected chi connectivity index (χ3v) is 5.82. The Labute approximate surface area is 187 Å². The largest absolute Gasteiger partial charge is 0.319 e. The van der Waals surface area contributed by atoms with Crippen molar-refractivity contribution in [2.24, 2.45) is 0 Å². The van der Waals surface area contributed by atoms with E-state index in [0.29, 0.717) is 10.8 Å². The van der Waals surface area contributed by atoms with Gasteiger partial charge in [-0.2, -0.15) is 0 Å². The van der Waals surface area contributed by atoms with Crippen LogP contribution in [0.4, 0.5) is 5.69 Å². The number of carbonyl (C=O) groups excluding carboxylic acids is 1. The van der Waals surface area contributed by atoms with E-state index in [-0.39, 0.29) is 11.7 Å². The van der Waals surface area contributed by atoms with E-state index in [2.05, 4.69) is 44.4 Å². The normalized spacial score (nSPS) is 15.2. The Hall–Kier alpha value is -2.74. The Morgan fingerprint density at radius 2 is 1.71 bits per heavy atom. The van der Waals surface area contributed by atoms with Crippen molar-refractivity contribution in [1.82, 2.24) is 24.6 Å². The number of aryl methyl sites for hydroxylation is 1. The third-order valence-electron chi connectivity index (χ3n) is 5.57. The molecule has 3 aromatic rings. The van der Waals surface area contributed by atoms with Crippen LogP contribution in [-0.2, 0) is 6.42 Å². The molecule has 0 atom stereocenters. The predicted molar refractivity (Wildman–Crippen MR) is 123 cm³/mol. The monoisotopic (exact) mass is 438 g/mol. The molecule has 8 heteroatoms. The molecule has 0 bridgehead atoms. The van der Waals surface area contributed by atoms with E-state index < -0.39 is 0 Å². The highest BCUT2D eigenvalue weighted by Gasteiger charge is 2.16. The Kier molecular flexibility index (Phi) is 6.65. The maximum atomic E-state index is 12.6. The fraction of sp³-hybridized carbons (Fsp3) is 0.348. The number of amides is 1. The molecule has 0 radical (unpaired) electrons. The fourth-order valence-electron chi connectivity index (χ4n) is 3.61. The minimum absolute atomic E-state index is 0.131. The topological polar surface area (TPSA) is 66.3 Å². The van der Waals surface area contributed by atoms with Crippen molar-refractivity contribution < 1.29 is 4.79 Å². The summed E-state index contributed by atoms with van der Waals surface area (Å²) in [5.41, 5.74) is 2.80. The van der Waals surface area contributed by atoms with Crippen molar-refractivity contribution in [2.75, 3.05) is 45.1 Å². The highest BCUT2D eigenvalue weighted by molar-refractivity contribution is 6.30. The highest BCUT2D eigenvalue weighted by Crippen LogP contribution is 2.16. The summed E-state index contributed by atoms with van der Waals surface area (Å²) in [4.78, 5) is 21.8. The molecule has 31 heavy (non-hydrogen) atoms. The molecule has 1 amide bonds. The number of likely N-dealkylation sites (N-methyl/N-ethyl adjacent to an activating group) is 1. The first-order chi connectivity index (χ1) is 15.0. The van der Waals surface area contributed by atoms with E-state index in [1.165, 1.54) is 5.56 Å². The molecule has 0 spiro atoms. The van der Waals surface area contributed by atoms with Crippen LogP contribution in [0.25, 0.3) is 5.69 Å². The van der Waals surface area contributed by atoms with Crippen LogP contribution < -0.4 is 5.32 Å². The first-order valence-corrected chi connectivity index (χ1v) is 10.9. The Morgan fingerprint density at radius 1 is 1.03 bits per heavy atom. The van der Waals surface area contributed by atoms with Gasteiger partial charge in [-0.05, 0) is 62.4 Å². The maximum Gasteiger partial charge on any atom is 0.295 e. The van der Waals surface area contributed by atoms with Crippen LogP contribution in [0.1, 0.15) is 22.0 Å². The summed E-state index contributed by atoms with van der Waals surface area (Å²) in [7, 11) is 2.17. The molecular formula is C23H27ClN6O. The van der Waals surface area contributed by atoms with Crippen LogP contribution in [0, 0.1) is 6.92 Å². The van der Waals surface area contributed by atoms with Crippen molar-refractivity contribution in [3.63, 3.8) is 0 Å². The number of hydrogen-bond acceptors (Lipinski definition) is 5. The minimum Gasteiger partial charge on any atom is -0.319 e. The Morgan fingerprint density at radius 3 is 2.39 bits per heavy atom. The number of nitrogens with zero attached hydrogens (tertiary/aromatic N) is 5. The zero-order chi connectivity index (χ0) is 21.8. The molecule has 1 fully saturated rings. The lowest BCUT2D eigenvalue weighted by molar-refractivity contribution is 0.101. The summed E-state index contributed by atoms with van der Waals surface area (Å²) in [6.45, 7) is 7.39. The average molecular weight is 439 g/mol. The molecule has 1 aromatic heterocycles. The van der Waals surface area contributed by atoms with E-state index in [0.717, 1.165) is 50.5 Å². The third kappa shape index (κ3) is 5.50. The lowest BCUT2D eigenvalue weighted by Crippen LogP contribution is -2.45. The molecule has 2 aromatic carbocycles. The van der Waals surface area contributed by atoms with Crippen LogP contribution in [-0.4, -0.2) is 70.2 Å². The van der Waals surface area contributed by atoms with E-state index in [1.54, 1.807) is 16.8 Å². The molecule has 7 nitrogen and oxygen atoms in total. The molecule has 1 aliphatic heterocycles. The average Bonchev–Trinajstić information content (AvgIpc) is 3.17. The van der Waals surface area contributed by atoms with Crippen molar-refractivity contribution in [1.29, 1.82) is 0 Å². The van der Waals surface area contributed by atoms with Gasteiger partial charge in [0, 0.05) is 43.4 Å². The quantitative estimate of drug-likeness (QED) is 0.639. The zero-order valence-electron chi connectivity index (χ0n) is 17.9. The second-order valence-electron chi connectivity index (χ2n) is 7.92. The number of hydrogen-bond donors (Lipinski definition) is 1. The second-order valence-corrected chi connectivity index (χ2v) is 8.35. The van der Waals surface area contributed by atoms with Gasteiger partial charge in [-0.3, -0.25) is 4.79 Å². The summed E-state index contributed by atoms with van der Waals surface area (Å²) >= 11 is 5.95. The number of aromatic nitrogens is 3. The van der Waals surface area contributed by atoms with Gasteiger partial charge < -0.3 is 15.1 Å². The van der Waals surface area contributed by atoms with Gasteiger partial charge in [-0.1, -0.05) is 23.7 Å². The van der Waals surface area contributed by atoms with Gasteiger partial charge in [0.25, 0.3) is 5.91 Å². The number of rotatable bonds is 6. The van der Waals surface area contributed by atoms with Gasteiger partial charge in [0.15, 0.2) is 0 Å². The first-order valence-electron chi connectivity index (χ1n) is 10.5. The van der Waals surface area contributed by atoms with Crippen molar-refractivity contribution in [2.45, 2.75) is 13.3 Å². The first kappa shape index (κ1) is 21.5. The summed E-state index contributed by atoms with van der Waals surface area (Å²) in [5, 5.41) is 7.88. The van der Waals surface area contributed by atoms with Crippen LogP contribution >= 0.6 is 11.6 Å². The fourth-order valence-corrected chi connectivity index (χ4v) is 3.74. The molecule has 1 saturated heterocycles. The molecule has 0 aliphatic carbocycles. The van der Waals surface area contributed by atoms with Crippen LogP contribution in [0.5, 0.6) is 0 Å². The number of anilines is 1. The van der Waals surface area contributed by atoms with Gasteiger partial charge in [-0.25, -0.2) is 9.67 Å². The van der Waals surface area contributed by atoms with Gasteiger partial charge in [0.1, 0.15) is 5.82 Å². The summed E-state index contributed by atoms with van der Waals surface area (Å²) in [6, 6.07) is 15.2. The lowest BCUT2D eigenvalue weighted by atomic mass is 10.1. The van der Waals surface area contributed by atoms with E-state index in [9.17, 15) is 4.79 Å². The predicted octanol–water partition coefficient (Wildman–Crippen LogP) is 3.27. The minimum atomic E-state index is -0.332. The zero-order valence-corrected chi connectivity index (χ0v) is 18.6. The Bertz CT molecular complexity index is 1020. The van der Waals surface area contributed by atoms with Crippen LogP contribution in [0.3, 0.4) is 0 Å². The van der Waals surface area contributed by atoms with E-state index in [1.807, 2.05) is 31.2 Å². The molecular weight excluding hydrogens is 412 g/mol. The molecule has 162 valence electrons. The molecule has 1 aliphatic rings. The smallest absolute Gasteiger partial charge is 0.295 e. The number of nitrogens with one attached hydrogen (secondary N) is 1. The van der Waals surface area contributed by atoms with E-state index in [4.69, 9.17) is 11.6 Å². The second kappa shape index (κ2) is 9.60. The van der Waals surface area contributed by atoms with Crippen molar-refractivity contribution in [3.05, 3.63) is 70.8 Å². The summed E-state index contributed by atoms with van der Waals surface area (Å²) in [6.07, 6.45) is 1.00. The SMILES string of the molecule is Cc1nc(C(=O)Nc2ccc(CCN3CCN(C)CC3)cc2)nn1-c1ccc(Cl)cc1. The number of carbonyl (C=O) groups is 1. The van der Waals surface area contributed by atoms with Crippen molar-refractivity contribution >= 4 is 23.2 Å². The molecule has 0 unspecified atom stereocenters. The number of benzene rings is 2. The van der Waals surface area contributed by atoms with Gasteiger partial charge >= 0.3 is 0 Å². The van der Waals surface area contributed by atoms with Gasteiger partial charge in [-0.15, -0.1) is 5.10 Å². The standard InChI is InChI=1S/C23H27ClN6O/c1-17-25-22(27-30(17)21-9-5-19(24)6-10-21)23(31)26-20-7-3-18(4-8-20)11-12-29-15-13-28(2)14-16-29/h3-10H,11-16H2,1-2H3,(H,26,31). The number of halogens is 1. The van der Waals surface area contributed by atoms with Gasteiger partial charge in [0.05, 0.1) is 5.69 Å². The van der Waals surface area contributed by atoms with E-state index >= 15 is 0 Å². The summed E-state index contributed by atoms with van der Waals surface area (Å²) < 4.78 is 1.63. The van der Waals surface area contributed by atoms with Crippen LogP contribution in [0.15, 0.2) is 48.5 Å². The highest BCUT2D eigenvalue weighted by atomic mass is 35.5. The molecule has 0 saturated carbocycles. The Balaban J connectivity index is 1.34. The molecule has 4 rings (SSSR count). The molecule has 2 heterocycles. The van der Waals surface area contributed by atoms with Gasteiger partial charge in [0.2, 0.25) is 5.82 Å². The number of piperazine rings is 1. The van der Waals surface area contributed by atoms with Crippen LogP contribution in [0.2, 0.25) is 5.02 Å². The van der Waals surface area contributed by atoms with Crippen molar-refractivity contribution in [3.8, 4) is 5.69 Å². The summed E-state index contributed by atoms with van der Waals surface area (Å²) in [5.74, 6) is 0.430. The maximum absolute atomic E-state index is 12.6.